The smallest absolute Gasteiger partial charge is 0.282 e. The van der Waals surface area contributed by atoms with Crippen molar-refractivity contribution in [2.24, 2.45) is 18.4 Å². The summed E-state index contributed by atoms with van der Waals surface area (Å²) < 4.78 is 56.3. The van der Waals surface area contributed by atoms with E-state index in [9.17, 15) is 27.2 Å². The van der Waals surface area contributed by atoms with Crippen LogP contribution in [0.25, 0.3) is 0 Å². The van der Waals surface area contributed by atoms with Crippen LogP contribution in [-0.4, -0.2) is 48.3 Å². The Hall–Kier alpha value is -3.49. The molecule has 2 amide bonds. The molecule has 3 aromatic rings. The van der Waals surface area contributed by atoms with Gasteiger partial charge in [-0.1, -0.05) is 0 Å². The Balaban J connectivity index is 1.15. The SMILES string of the molecule is Cn1nc(C(F)F)cc1Nc1nncn1C1CCc2sc(NC(=O)[C@H]3CC34CC4)c(C(=O)NC3CC(F)(F)C3)c2C1. The topological polar surface area (TPSA) is 119 Å². The van der Waals surface area contributed by atoms with Crippen LogP contribution < -0.4 is 16.0 Å². The van der Waals surface area contributed by atoms with Crippen LogP contribution in [0, 0.1) is 11.3 Å². The van der Waals surface area contributed by atoms with Gasteiger partial charge in [-0.2, -0.15) is 5.10 Å². The van der Waals surface area contributed by atoms with Gasteiger partial charge in [0.05, 0.1) is 5.56 Å². The number of halogens is 4. The zero-order valence-corrected chi connectivity index (χ0v) is 22.9. The summed E-state index contributed by atoms with van der Waals surface area (Å²) in [5.74, 6) is -2.73. The zero-order chi connectivity index (χ0) is 28.7. The zero-order valence-electron chi connectivity index (χ0n) is 22.1. The van der Waals surface area contributed by atoms with E-state index < -0.39 is 37.1 Å². The summed E-state index contributed by atoms with van der Waals surface area (Å²) in [4.78, 5) is 27.5. The Labute approximate surface area is 235 Å². The second kappa shape index (κ2) is 9.26. The van der Waals surface area contributed by atoms with Crippen molar-refractivity contribution in [3.63, 3.8) is 0 Å². The Bertz CT molecular complexity index is 1540. The van der Waals surface area contributed by atoms with Gasteiger partial charge in [0.2, 0.25) is 11.9 Å². The first-order valence-corrected chi connectivity index (χ1v) is 14.5. The maximum absolute atomic E-state index is 13.5. The van der Waals surface area contributed by atoms with Crippen molar-refractivity contribution >= 4 is 39.9 Å². The van der Waals surface area contributed by atoms with Crippen molar-refractivity contribution < 1.29 is 27.2 Å². The lowest BCUT2D eigenvalue weighted by Gasteiger charge is -2.35. The highest BCUT2D eigenvalue weighted by atomic mass is 32.1. The van der Waals surface area contributed by atoms with E-state index in [0.29, 0.717) is 41.6 Å². The lowest BCUT2D eigenvalue weighted by Crippen LogP contribution is -2.50. The van der Waals surface area contributed by atoms with Crippen molar-refractivity contribution in [1.29, 1.82) is 0 Å². The summed E-state index contributed by atoms with van der Waals surface area (Å²) >= 11 is 1.37. The number of nitrogens with one attached hydrogen (secondary N) is 3. The van der Waals surface area contributed by atoms with E-state index in [1.54, 1.807) is 11.6 Å². The van der Waals surface area contributed by atoms with Crippen molar-refractivity contribution in [3.8, 4) is 0 Å². The van der Waals surface area contributed by atoms with Gasteiger partial charge < -0.3 is 16.0 Å². The van der Waals surface area contributed by atoms with Crippen molar-refractivity contribution in [2.75, 3.05) is 10.6 Å². The third kappa shape index (κ3) is 4.77. The number of hydrogen-bond donors (Lipinski definition) is 3. The number of carbonyl (C=O) groups excluding carboxylic acids is 2. The van der Waals surface area contributed by atoms with Gasteiger partial charge in [0.1, 0.15) is 22.8 Å². The Morgan fingerprint density at radius 3 is 2.63 bits per heavy atom. The number of aromatic nitrogens is 5. The first-order valence-electron chi connectivity index (χ1n) is 13.6. The number of nitrogens with zero attached hydrogens (tertiary/aromatic N) is 5. The van der Waals surface area contributed by atoms with Crippen molar-refractivity contribution in [2.45, 2.75) is 75.8 Å². The minimum atomic E-state index is -2.78. The van der Waals surface area contributed by atoms with Crippen LogP contribution in [0.4, 0.5) is 34.3 Å². The Morgan fingerprint density at radius 1 is 1.20 bits per heavy atom. The fraction of sp³-hybridized carbons (Fsp3) is 0.577. The molecule has 2 atom stereocenters. The molecule has 4 aliphatic carbocycles. The summed E-state index contributed by atoms with van der Waals surface area (Å²) in [6, 6.07) is 0.438. The predicted molar refractivity (Wildman–Crippen MR) is 141 cm³/mol. The molecule has 3 heterocycles. The lowest BCUT2D eigenvalue weighted by molar-refractivity contribution is -0.117. The molecule has 3 saturated carbocycles. The molecule has 41 heavy (non-hydrogen) atoms. The molecule has 1 spiro atoms. The first-order chi connectivity index (χ1) is 19.5. The molecular formula is C26H28F4N8O2S. The molecule has 218 valence electrons. The van der Waals surface area contributed by atoms with E-state index in [0.717, 1.165) is 29.7 Å². The predicted octanol–water partition coefficient (Wildman–Crippen LogP) is 4.75. The molecule has 4 aliphatic rings. The number of aryl methyl sites for hydroxylation is 2. The van der Waals surface area contributed by atoms with Gasteiger partial charge in [0, 0.05) is 48.8 Å². The number of thiophene rings is 1. The number of hydrogen-bond acceptors (Lipinski definition) is 7. The molecular weight excluding hydrogens is 564 g/mol. The summed E-state index contributed by atoms with van der Waals surface area (Å²) in [5.41, 5.74) is 0.880. The van der Waals surface area contributed by atoms with Gasteiger partial charge in [-0.25, -0.2) is 17.6 Å². The quantitative estimate of drug-likeness (QED) is 0.325. The largest absolute Gasteiger partial charge is 0.349 e. The minimum absolute atomic E-state index is 0.0427. The molecule has 3 N–H and O–H groups in total. The van der Waals surface area contributed by atoms with Crippen molar-refractivity contribution in [1.82, 2.24) is 29.9 Å². The fourth-order valence-corrected chi connectivity index (χ4v) is 7.45. The Morgan fingerprint density at radius 2 is 1.98 bits per heavy atom. The van der Waals surface area contributed by atoms with E-state index in [4.69, 9.17) is 0 Å². The van der Waals surface area contributed by atoms with E-state index >= 15 is 0 Å². The molecule has 10 nitrogen and oxygen atoms in total. The normalized spacial score (nSPS) is 23.7. The summed E-state index contributed by atoms with van der Waals surface area (Å²) in [5, 5.41) is 21.2. The summed E-state index contributed by atoms with van der Waals surface area (Å²) in [6.07, 6.45) is 2.69. The third-order valence-electron chi connectivity index (χ3n) is 8.85. The number of carbonyl (C=O) groups is 2. The molecule has 0 radical (unpaired) electrons. The molecule has 0 aliphatic heterocycles. The molecule has 3 aromatic heterocycles. The van der Waals surface area contributed by atoms with Crippen LogP contribution >= 0.6 is 11.3 Å². The van der Waals surface area contributed by atoms with Crippen LogP contribution in [0.2, 0.25) is 0 Å². The average Bonchev–Trinajstić information content (AvgIpc) is 3.65. The van der Waals surface area contributed by atoms with Crippen LogP contribution in [0.5, 0.6) is 0 Å². The molecule has 7 rings (SSSR count). The molecule has 0 saturated heterocycles. The second-order valence-electron chi connectivity index (χ2n) is 11.7. The minimum Gasteiger partial charge on any atom is -0.349 e. The highest BCUT2D eigenvalue weighted by Crippen LogP contribution is 2.70. The van der Waals surface area contributed by atoms with Crippen LogP contribution in [-0.2, 0) is 24.7 Å². The maximum Gasteiger partial charge on any atom is 0.282 e. The average molecular weight is 593 g/mol. The van der Waals surface area contributed by atoms with Crippen LogP contribution in [0.15, 0.2) is 12.4 Å². The van der Waals surface area contributed by atoms with Crippen LogP contribution in [0.1, 0.15) is 77.5 Å². The van der Waals surface area contributed by atoms with E-state index in [1.165, 1.54) is 28.4 Å². The molecule has 0 aromatic carbocycles. The van der Waals surface area contributed by atoms with Gasteiger partial charge in [-0.15, -0.1) is 21.5 Å². The number of fused-ring (bicyclic) bond motifs is 1. The highest BCUT2D eigenvalue weighted by molar-refractivity contribution is 7.17. The van der Waals surface area contributed by atoms with E-state index in [1.807, 2.05) is 0 Å². The fourth-order valence-electron chi connectivity index (χ4n) is 6.21. The van der Waals surface area contributed by atoms with E-state index in [-0.39, 0.29) is 29.0 Å². The molecule has 15 heteroatoms. The number of anilines is 3. The number of amides is 2. The lowest BCUT2D eigenvalue weighted by atomic mass is 9.87. The Kier molecular flexibility index (Phi) is 5.97. The molecule has 1 unspecified atom stereocenters. The van der Waals surface area contributed by atoms with Gasteiger partial charge in [0.25, 0.3) is 18.3 Å². The standard InChI is InChI=1S/C26H28F4N8O2S/c1-37-18(7-16(36-37)20(27)28)33-24-35-31-11-38(24)13-2-3-17-14(6-13)19(22(40)32-12-8-26(29,30)9-12)23(41-17)34-21(39)15-10-25(15)4-5-25/h7,11-13,15,20H,2-6,8-10H2,1H3,(H,32,40)(H,33,35)(H,34,39)/t13?,15-/m1/s1. The maximum atomic E-state index is 13.5. The molecule has 3 fully saturated rings. The second-order valence-corrected chi connectivity index (χ2v) is 12.8. The number of alkyl halides is 4. The van der Waals surface area contributed by atoms with Crippen LogP contribution in [0.3, 0.4) is 0 Å². The van der Waals surface area contributed by atoms with Crippen molar-refractivity contribution in [3.05, 3.63) is 34.1 Å². The van der Waals surface area contributed by atoms with Gasteiger partial charge in [-0.05, 0) is 49.5 Å². The monoisotopic (exact) mass is 592 g/mol. The summed E-state index contributed by atoms with van der Waals surface area (Å²) in [6.45, 7) is 0. The third-order valence-corrected chi connectivity index (χ3v) is 10.1. The summed E-state index contributed by atoms with van der Waals surface area (Å²) in [7, 11) is 1.54. The number of rotatable bonds is 8. The van der Waals surface area contributed by atoms with Gasteiger partial charge in [-0.3, -0.25) is 18.8 Å². The van der Waals surface area contributed by atoms with E-state index in [2.05, 4.69) is 31.2 Å². The van der Waals surface area contributed by atoms with Gasteiger partial charge in [0.15, 0.2) is 0 Å². The molecule has 0 bridgehead atoms. The highest BCUT2D eigenvalue weighted by Gasteiger charge is 2.65. The first kappa shape index (κ1) is 26.4. The van der Waals surface area contributed by atoms with Gasteiger partial charge >= 0.3 is 0 Å².